The molecular weight excluding hydrogens is 401 g/mol. The number of pyridine rings is 1. The molecule has 8 heteroatoms. The molecule has 1 fully saturated rings. The number of nitrogens with zero attached hydrogens (tertiary/aromatic N) is 3. The maximum atomic E-state index is 13.4. The van der Waals surface area contributed by atoms with Crippen LogP contribution in [-0.2, 0) is 22.5 Å². The van der Waals surface area contributed by atoms with Crippen LogP contribution in [0.4, 0.5) is 4.39 Å². The predicted molar refractivity (Wildman–Crippen MR) is 113 cm³/mol. The largest absolute Gasteiger partial charge is 0.381 e. The van der Waals surface area contributed by atoms with Crippen LogP contribution >= 0.6 is 0 Å². The number of rotatable bonds is 4. The van der Waals surface area contributed by atoms with Gasteiger partial charge in [-0.2, -0.15) is 0 Å². The molecule has 0 spiro atoms. The number of carbonyl (C=O) groups excluding carboxylic acids is 2. The van der Waals surface area contributed by atoms with Crippen LogP contribution in [0.5, 0.6) is 0 Å². The number of amides is 2. The molecule has 2 aliphatic heterocycles. The summed E-state index contributed by atoms with van der Waals surface area (Å²) in [6.45, 7) is 4.10. The van der Waals surface area contributed by atoms with E-state index in [1.807, 2.05) is 0 Å². The Kier molecular flexibility index (Phi) is 5.91. The SMILES string of the molecule is CC(=O)N1CCc2c(cn(-c3ccc(F)cc3)c(=O)c2C(=O)N(C)CC2CCOC2)C1. The van der Waals surface area contributed by atoms with Gasteiger partial charge in [-0.15, -0.1) is 0 Å². The summed E-state index contributed by atoms with van der Waals surface area (Å²) in [4.78, 5) is 42.0. The Morgan fingerprint density at radius 1 is 1.26 bits per heavy atom. The van der Waals surface area contributed by atoms with Crippen LogP contribution in [0.2, 0.25) is 0 Å². The molecule has 164 valence electrons. The van der Waals surface area contributed by atoms with Crippen molar-refractivity contribution in [1.82, 2.24) is 14.4 Å². The van der Waals surface area contributed by atoms with Gasteiger partial charge in [-0.05, 0) is 48.2 Å². The molecule has 1 aromatic carbocycles. The molecule has 1 aromatic heterocycles. The molecule has 0 radical (unpaired) electrons. The summed E-state index contributed by atoms with van der Waals surface area (Å²) in [5.74, 6) is -0.550. The Hall–Kier alpha value is -3.00. The van der Waals surface area contributed by atoms with E-state index in [1.54, 1.807) is 23.0 Å². The minimum absolute atomic E-state index is 0.0589. The normalized spacial score (nSPS) is 18.0. The number of carbonyl (C=O) groups is 2. The average Bonchev–Trinajstić information content (AvgIpc) is 3.26. The van der Waals surface area contributed by atoms with E-state index in [-0.39, 0.29) is 23.3 Å². The summed E-state index contributed by atoms with van der Waals surface area (Å²) in [6, 6.07) is 5.55. The van der Waals surface area contributed by atoms with Crippen LogP contribution in [0.15, 0.2) is 35.3 Å². The second-order valence-electron chi connectivity index (χ2n) is 8.27. The molecule has 0 bridgehead atoms. The standard InChI is InChI=1S/C23H26FN3O4/c1-15(28)26-9-7-20-17(12-26)13-27(19-5-3-18(24)4-6-19)23(30)21(20)22(29)25(2)11-16-8-10-31-14-16/h3-6,13,16H,7-12,14H2,1-2H3. The lowest BCUT2D eigenvalue weighted by Gasteiger charge is -2.30. The maximum Gasteiger partial charge on any atom is 0.268 e. The number of aromatic nitrogens is 1. The van der Waals surface area contributed by atoms with Crippen LogP contribution < -0.4 is 5.56 Å². The van der Waals surface area contributed by atoms with Gasteiger partial charge in [0, 0.05) is 58.0 Å². The van der Waals surface area contributed by atoms with Crippen LogP contribution in [0.1, 0.15) is 34.8 Å². The first-order valence-corrected chi connectivity index (χ1v) is 10.5. The van der Waals surface area contributed by atoms with Crippen molar-refractivity contribution in [1.29, 1.82) is 0 Å². The summed E-state index contributed by atoms with van der Waals surface area (Å²) in [5.41, 5.74) is 1.62. The van der Waals surface area contributed by atoms with Gasteiger partial charge in [0.05, 0.1) is 6.61 Å². The van der Waals surface area contributed by atoms with Gasteiger partial charge >= 0.3 is 0 Å². The lowest BCUT2D eigenvalue weighted by atomic mass is 9.95. The van der Waals surface area contributed by atoms with Crippen molar-refractivity contribution in [3.8, 4) is 5.69 Å². The zero-order valence-corrected chi connectivity index (χ0v) is 17.8. The Labute approximate surface area is 180 Å². The quantitative estimate of drug-likeness (QED) is 0.748. The first-order valence-electron chi connectivity index (χ1n) is 10.5. The second-order valence-corrected chi connectivity index (χ2v) is 8.27. The van der Waals surface area contributed by atoms with Crippen molar-refractivity contribution >= 4 is 11.8 Å². The van der Waals surface area contributed by atoms with E-state index in [4.69, 9.17) is 4.74 Å². The third-order valence-electron chi connectivity index (χ3n) is 6.07. The molecule has 0 aliphatic carbocycles. The van der Waals surface area contributed by atoms with E-state index < -0.39 is 11.4 Å². The highest BCUT2D eigenvalue weighted by molar-refractivity contribution is 5.95. The van der Waals surface area contributed by atoms with Crippen molar-refractivity contribution in [3.05, 3.63) is 63.3 Å². The predicted octanol–water partition coefficient (Wildman–Crippen LogP) is 1.99. The monoisotopic (exact) mass is 427 g/mol. The Morgan fingerprint density at radius 2 is 2.00 bits per heavy atom. The van der Waals surface area contributed by atoms with E-state index >= 15 is 0 Å². The van der Waals surface area contributed by atoms with Crippen molar-refractivity contribution in [3.63, 3.8) is 0 Å². The van der Waals surface area contributed by atoms with Gasteiger partial charge < -0.3 is 14.5 Å². The molecule has 4 rings (SSSR count). The minimum atomic E-state index is -0.429. The highest BCUT2D eigenvalue weighted by Gasteiger charge is 2.30. The Balaban J connectivity index is 1.78. The molecule has 2 aromatic rings. The molecule has 31 heavy (non-hydrogen) atoms. The number of hydrogen-bond acceptors (Lipinski definition) is 4. The molecular formula is C23H26FN3O4. The van der Waals surface area contributed by atoms with Crippen LogP contribution in [0, 0.1) is 11.7 Å². The van der Waals surface area contributed by atoms with E-state index in [0.29, 0.717) is 50.5 Å². The fourth-order valence-electron chi connectivity index (χ4n) is 4.33. The van der Waals surface area contributed by atoms with Gasteiger partial charge in [0.15, 0.2) is 0 Å². The van der Waals surface area contributed by atoms with E-state index in [0.717, 1.165) is 12.0 Å². The van der Waals surface area contributed by atoms with Gasteiger partial charge in [0.2, 0.25) is 5.91 Å². The maximum absolute atomic E-state index is 13.4. The molecule has 3 heterocycles. The summed E-state index contributed by atoms with van der Waals surface area (Å²) in [7, 11) is 1.70. The first-order chi connectivity index (χ1) is 14.8. The number of halogens is 1. The molecule has 1 unspecified atom stereocenters. The van der Waals surface area contributed by atoms with Crippen molar-refractivity contribution in [2.75, 3.05) is 33.4 Å². The second kappa shape index (κ2) is 8.63. The third kappa shape index (κ3) is 4.25. The number of ether oxygens (including phenoxy) is 1. The lowest BCUT2D eigenvalue weighted by Crippen LogP contribution is -2.42. The van der Waals surface area contributed by atoms with Gasteiger partial charge in [-0.1, -0.05) is 0 Å². The summed E-state index contributed by atoms with van der Waals surface area (Å²) >= 11 is 0. The number of fused-ring (bicyclic) bond motifs is 1. The highest BCUT2D eigenvalue weighted by atomic mass is 19.1. The van der Waals surface area contributed by atoms with Gasteiger partial charge in [-0.25, -0.2) is 4.39 Å². The smallest absolute Gasteiger partial charge is 0.268 e. The summed E-state index contributed by atoms with van der Waals surface area (Å²) < 4.78 is 20.2. The van der Waals surface area contributed by atoms with Gasteiger partial charge in [0.1, 0.15) is 11.4 Å². The van der Waals surface area contributed by atoms with Gasteiger partial charge in [0.25, 0.3) is 11.5 Å². The summed E-state index contributed by atoms with van der Waals surface area (Å²) in [5, 5.41) is 0. The number of hydrogen-bond donors (Lipinski definition) is 0. The van der Waals surface area contributed by atoms with E-state index in [9.17, 15) is 18.8 Å². The van der Waals surface area contributed by atoms with E-state index in [2.05, 4.69) is 0 Å². The fourth-order valence-corrected chi connectivity index (χ4v) is 4.33. The van der Waals surface area contributed by atoms with Crippen LogP contribution in [-0.4, -0.2) is 59.5 Å². The molecule has 7 nitrogen and oxygen atoms in total. The van der Waals surface area contributed by atoms with Crippen LogP contribution in [0.25, 0.3) is 5.69 Å². The van der Waals surface area contributed by atoms with Crippen molar-refractivity contribution in [2.45, 2.75) is 26.3 Å². The average molecular weight is 427 g/mol. The molecule has 2 aliphatic rings. The Bertz CT molecular complexity index is 1060. The van der Waals surface area contributed by atoms with Crippen LogP contribution in [0.3, 0.4) is 0 Å². The van der Waals surface area contributed by atoms with Crippen molar-refractivity contribution < 1.29 is 18.7 Å². The highest BCUT2D eigenvalue weighted by Crippen LogP contribution is 2.24. The first kappa shape index (κ1) is 21.2. The van der Waals surface area contributed by atoms with Gasteiger partial charge in [-0.3, -0.25) is 19.0 Å². The molecule has 1 atom stereocenters. The Morgan fingerprint density at radius 3 is 2.65 bits per heavy atom. The minimum Gasteiger partial charge on any atom is -0.381 e. The third-order valence-corrected chi connectivity index (χ3v) is 6.07. The van der Waals surface area contributed by atoms with E-state index in [1.165, 1.54) is 35.8 Å². The molecule has 0 saturated carbocycles. The molecule has 0 N–H and O–H groups in total. The van der Waals surface area contributed by atoms with Crippen molar-refractivity contribution in [2.24, 2.45) is 5.92 Å². The lowest BCUT2D eigenvalue weighted by molar-refractivity contribution is -0.129. The molecule has 1 saturated heterocycles. The number of benzene rings is 1. The topological polar surface area (TPSA) is 71.9 Å². The molecule has 2 amide bonds. The fraction of sp³-hybridized carbons (Fsp3) is 0.435. The zero-order valence-electron chi connectivity index (χ0n) is 17.8. The zero-order chi connectivity index (χ0) is 22.1. The summed E-state index contributed by atoms with van der Waals surface area (Å²) in [6.07, 6.45) is 3.00.